The van der Waals surface area contributed by atoms with Crippen molar-refractivity contribution in [1.82, 2.24) is 20.0 Å². The molecule has 0 radical (unpaired) electrons. The van der Waals surface area contributed by atoms with Gasteiger partial charge in [0.15, 0.2) is 18.1 Å². The number of H-pyrrole nitrogens is 1. The summed E-state index contributed by atoms with van der Waals surface area (Å²) >= 11 is 6.23. The van der Waals surface area contributed by atoms with Gasteiger partial charge in [-0.2, -0.15) is 5.10 Å². The van der Waals surface area contributed by atoms with Crippen LogP contribution in [0.15, 0.2) is 24.7 Å². The molecule has 110 valence electrons. The van der Waals surface area contributed by atoms with Gasteiger partial charge in [0.25, 0.3) is 0 Å². The van der Waals surface area contributed by atoms with Crippen molar-refractivity contribution in [3.05, 3.63) is 52.3 Å². The third-order valence-electron chi connectivity index (χ3n) is 4.64. The first-order valence-corrected chi connectivity index (χ1v) is 7.65. The van der Waals surface area contributed by atoms with Crippen molar-refractivity contribution < 1.29 is 4.39 Å². The molecule has 0 saturated carbocycles. The Balaban J connectivity index is 1.77. The first kappa shape index (κ1) is 12.6. The molecule has 4 nitrogen and oxygen atoms in total. The van der Waals surface area contributed by atoms with Crippen LogP contribution in [0.2, 0.25) is 5.02 Å². The van der Waals surface area contributed by atoms with E-state index in [1.807, 2.05) is 24.7 Å². The summed E-state index contributed by atoms with van der Waals surface area (Å²) in [7, 11) is 0. The Hall–Kier alpha value is -1.95. The molecule has 0 bridgehead atoms. The van der Waals surface area contributed by atoms with Crippen LogP contribution in [-0.4, -0.2) is 16.7 Å². The lowest BCUT2D eigenvalue weighted by atomic mass is 9.97. The molecule has 0 atom stereocenters. The van der Waals surface area contributed by atoms with Crippen LogP contribution >= 0.6 is 11.6 Å². The fraction of sp³-hybridized carbons (Fsp3) is 0.188. The summed E-state index contributed by atoms with van der Waals surface area (Å²) in [6.45, 7) is 1.68. The van der Waals surface area contributed by atoms with E-state index < -0.39 is 5.82 Å². The molecule has 3 aliphatic rings. The number of nitrogens with zero attached hydrogens (tertiary/aromatic N) is 2. The Bertz CT molecular complexity index is 875. The lowest BCUT2D eigenvalue weighted by molar-refractivity contribution is 0.624. The van der Waals surface area contributed by atoms with Crippen molar-refractivity contribution in [1.29, 1.82) is 0 Å². The molecular weight excluding hydrogens is 303 g/mol. The third kappa shape index (κ3) is 1.50. The van der Waals surface area contributed by atoms with Crippen molar-refractivity contribution in [3.63, 3.8) is 0 Å². The highest BCUT2D eigenvalue weighted by Gasteiger charge is 2.45. The SMILES string of the molecule is Fc1cc(-c2[nH]nc3c2CNCC3)c2c(c1Cl)[N+]1(C=C2)C=C1. The largest absolute Gasteiger partial charge is 0.312 e. The van der Waals surface area contributed by atoms with Crippen LogP contribution in [0.4, 0.5) is 10.1 Å². The zero-order valence-electron chi connectivity index (χ0n) is 11.7. The van der Waals surface area contributed by atoms with Crippen LogP contribution in [0.5, 0.6) is 0 Å². The molecule has 1 aromatic carbocycles. The summed E-state index contributed by atoms with van der Waals surface area (Å²) in [6.07, 6.45) is 8.89. The molecule has 2 aromatic rings. The minimum Gasteiger partial charge on any atom is -0.312 e. The van der Waals surface area contributed by atoms with Crippen LogP contribution < -0.4 is 9.80 Å². The number of halogens is 2. The first-order chi connectivity index (χ1) is 10.7. The van der Waals surface area contributed by atoms with Gasteiger partial charge in [-0.15, -0.1) is 0 Å². The maximum absolute atomic E-state index is 14.4. The van der Waals surface area contributed by atoms with E-state index in [2.05, 4.69) is 15.5 Å². The molecule has 4 heterocycles. The molecule has 0 saturated heterocycles. The van der Waals surface area contributed by atoms with Gasteiger partial charge in [0.05, 0.1) is 17.0 Å². The highest BCUT2D eigenvalue weighted by atomic mass is 35.5. The van der Waals surface area contributed by atoms with E-state index in [1.54, 1.807) is 0 Å². The minimum atomic E-state index is -0.391. The molecule has 2 N–H and O–H groups in total. The lowest BCUT2D eigenvalue weighted by Crippen LogP contribution is -2.23. The summed E-state index contributed by atoms with van der Waals surface area (Å²) in [4.78, 5) is 0. The zero-order valence-corrected chi connectivity index (χ0v) is 12.4. The normalized spacial score (nSPS) is 19.5. The van der Waals surface area contributed by atoms with E-state index in [-0.39, 0.29) is 5.02 Å². The molecule has 1 spiro atoms. The molecule has 0 unspecified atom stereocenters. The van der Waals surface area contributed by atoms with Gasteiger partial charge in [0.1, 0.15) is 17.0 Å². The fourth-order valence-corrected chi connectivity index (χ4v) is 3.72. The van der Waals surface area contributed by atoms with Crippen molar-refractivity contribution in [3.8, 4) is 11.3 Å². The van der Waals surface area contributed by atoms with E-state index in [1.165, 1.54) is 6.07 Å². The standard InChI is InChI=1S/C16H13ClFN4/c17-14-12(18)7-10(9-2-4-22(5-6-22)16(9)14)15-11-8-19-3-1-13(11)20-21-15/h2,4-7,19H,1,3,8H2,(H,20,21)/q+1. The van der Waals surface area contributed by atoms with Crippen LogP contribution in [0.1, 0.15) is 16.8 Å². The number of rotatable bonds is 1. The number of aromatic amines is 1. The molecule has 0 amide bonds. The Kier molecular flexibility index (Phi) is 2.33. The molecule has 22 heavy (non-hydrogen) atoms. The quantitative estimate of drug-likeness (QED) is 0.793. The molecule has 0 fully saturated rings. The van der Waals surface area contributed by atoms with Gasteiger partial charge in [0, 0.05) is 36.7 Å². The van der Waals surface area contributed by atoms with Gasteiger partial charge in [0.2, 0.25) is 0 Å². The average molecular weight is 316 g/mol. The number of aromatic nitrogens is 2. The number of hydrogen-bond donors (Lipinski definition) is 2. The first-order valence-electron chi connectivity index (χ1n) is 7.27. The summed E-state index contributed by atoms with van der Waals surface area (Å²) in [5, 5.41) is 11.0. The molecule has 3 aliphatic heterocycles. The van der Waals surface area contributed by atoms with E-state index in [0.29, 0.717) is 4.48 Å². The molecular formula is C16H13ClFN4+. The summed E-state index contributed by atoms with van der Waals surface area (Å²) in [6, 6.07) is 1.51. The van der Waals surface area contributed by atoms with Crippen LogP contribution in [0, 0.1) is 5.82 Å². The van der Waals surface area contributed by atoms with Crippen LogP contribution in [0.25, 0.3) is 17.3 Å². The van der Waals surface area contributed by atoms with Gasteiger partial charge < -0.3 is 5.32 Å². The molecule has 5 rings (SSSR count). The van der Waals surface area contributed by atoms with Gasteiger partial charge in [-0.1, -0.05) is 11.6 Å². The minimum absolute atomic E-state index is 0.195. The second kappa shape index (κ2) is 4.07. The summed E-state index contributed by atoms with van der Waals surface area (Å²) in [5.41, 5.74) is 5.67. The molecule has 1 aromatic heterocycles. The van der Waals surface area contributed by atoms with E-state index >= 15 is 0 Å². The van der Waals surface area contributed by atoms with Crippen molar-refractivity contribution in [2.75, 3.05) is 6.54 Å². The predicted molar refractivity (Wildman–Crippen MR) is 84.4 cm³/mol. The topological polar surface area (TPSA) is 40.7 Å². The maximum Gasteiger partial charge on any atom is 0.177 e. The molecule has 6 heteroatoms. The van der Waals surface area contributed by atoms with Gasteiger partial charge in [-0.25, -0.2) is 8.87 Å². The number of quaternary nitrogens is 1. The Morgan fingerprint density at radius 3 is 2.95 bits per heavy atom. The Morgan fingerprint density at radius 2 is 2.14 bits per heavy atom. The maximum atomic E-state index is 14.4. The highest BCUT2D eigenvalue weighted by Crippen LogP contribution is 2.51. The summed E-state index contributed by atoms with van der Waals surface area (Å²) < 4.78 is 14.8. The van der Waals surface area contributed by atoms with Gasteiger partial charge >= 0.3 is 0 Å². The Labute approximate surface area is 131 Å². The Morgan fingerprint density at radius 1 is 1.27 bits per heavy atom. The molecule has 0 aliphatic carbocycles. The second-order valence-corrected chi connectivity index (χ2v) is 6.26. The number of hydrogen-bond acceptors (Lipinski definition) is 2. The van der Waals surface area contributed by atoms with Gasteiger partial charge in [-0.3, -0.25) is 5.10 Å². The number of nitrogens with one attached hydrogen (secondary N) is 2. The second-order valence-electron chi connectivity index (χ2n) is 5.88. The predicted octanol–water partition coefficient (Wildman–Crippen LogP) is 3.29. The van der Waals surface area contributed by atoms with Gasteiger partial charge in [-0.05, 0) is 6.07 Å². The van der Waals surface area contributed by atoms with Crippen molar-refractivity contribution >= 4 is 23.4 Å². The van der Waals surface area contributed by atoms with E-state index in [0.717, 1.165) is 53.3 Å². The van der Waals surface area contributed by atoms with E-state index in [9.17, 15) is 4.39 Å². The monoisotopic (exact) mass is 315 g/mol. The number of fused-ring (bicyclic) bond motifs is 3. The zero-order chi connectivity index (χ0) is 14.9. The van der Waals surface area contributed by atoms with Crippen LogP contribution in [-0.2, 0) is 13.0 Å². The number of benzene rings is 1. The fourth-order valence-electron chi connectivity index (χ4n) is 3.42. The van der Waals surface area contributed by atoms with E-state index in [4.69, 9.17) is 11.6 Å². The third-order valence-corrected chi connectivity index (χ3v) is 5.00. The van der Waals surface area contributed by atoms with Crippen LogP contribution in [0.3, 0.4) is 0 Å². The highest BCUT2D eigenvalue weighted by molar-refractivity contribution is 6.34. The van der Waals surface area contributed by atoms with Crippen molar-refractivity contribution in [2.45, 2.75) is 13.0 Å². The summed E-state index contributed by atoms with van der Waals surface area (Å²) in [5.74, 6) is -0.391. The van der Waals surface area contributed by atoms with Crippen molar-refractivity contribution in [2.24, 2.45) is 0 Å². The lowest BCUT2D eigenvalue weighted by Gasteiger charge is -2.16. The smallest absolute Gasteiger partial charge is 0.177 e. The average Bonchev–Trinajstić information content (AvgIpc) is 3.02.